The number of oxime groups is 1. The van der Waals surface area contributed by atoms with Gasteiger partial charge in [-0.1, -0.05) is 34.1 Å². The Morgan fingerprint density at radius 2 is 2.08 bits per heavy atom. The van der Waals surface area contributed by atoms with E-state index < -0.39 is 0 Å². The van der Waals surface area contributed by atoms with Crippen LogP contribution in [0.2, 0.25) is 0 Å². The fourth-order valence-electron chi connectivity index (χ4n) is 0.803. The highest BCUT2D eigenvalue weighted by Gasteiger charge is 1.97. The highest BCUT2D eigenvalue weighted by atomic mass is 79.9. The van der Waals surface area contributed by atoms with Crippen LogP contribution in [-0.4, -0.2) is 10.9 Å². The summed E-state index contributed by atoms with van der Waals surface area (Å²) in [6.45, 7) is 5.75. The number of rotatable bonds is 3. The van der Waals surface area contributed by atoms with Gasteiger partial charge in [0.2, 0.25) is 0 Å². The van der Waals surface area contributed by atoms with Crippen LogP contribution >= 0.6 is 15.9 Å². The topological polar surface area (TPSA) is 32.6 Å². The molecule has 0 unspecified atom stereocenters. The number of nitrogens with zero attached hydrogens (tertiary/aromatic N) is 1. The molecule has 2 nitrogen and oxygen atoms in total. The number of halogens is 1. The van der Waals surface area contributed by atoms with Gasteiger partial charge in [-0.05, 0) is 36.4 Å². The smallest absolute Gasteiger partial charge is 0.0834 e. The number of hydrogen-bond donors (Lipinski definition) is 1. The SMILES string of the molecule is CC/C=C(\C=C(/C)Br)C(/C)=N/O. The van der Waals surface area contributed by atoms with E-state index in [1.165, 1.54) is 0 Å². The van der Waals surface area contributed by atoms with Crippen molar-refractivity contribution in [2.45, 2.75) is 27.2 Å². The predicted octanol–water partition coefficient (Wildman–Crippen LogP) is 3.47. The molecule has 0 aliphatic carbocycles. The first-order chi connectivity index (χ1) is 5.61. The summed E-state index contributed by atoms with van der Waals surface area (Å²) < 4.78 is 1.02. The van der Waals surface area contributed by atoms with E-state index in [9.17, 15) is 0 Å². The molecular formula is C9H14BrNO. The molecule has 0 spiro atoms. The third-order valence-corrected chi connectivity index (χ3v) is 1.58. The predicted molar refractivity (Wildman–Crippen MR) is 56.0 cm³/mol. The standard InChI is InChI=1S/C9H14BrNO/c1-4-5-9(6-7(2)10)8(3)11-12/h5-6,12H,4H2,1-3H3/b7-6+,9-5+,11-8+. The molecule has 0 amide bonds. The minimum atomic E-state index is 0.635. The lowest BCUT2D eigenvalue weighted by molar-refractivity contribution is 0.319. The maximum absolute atomic E-state index is 8.55. The molecule has 0 bridgehead atoms. The molecular weight excluding hydrogens is 218 g/mol. The molecule has 12 heavy (non-hydrogen) atoms. The van der Waals surface area contributed by atoms with E-state index in [1.807, 2.05) is 26.0 Å². The van der Waals surface area contributed by atoms with E-state index in [4.69, 9.17) is 5.21 Å². The van der Waals surface area contributed by atoms with Crippen molar-refractivity contribution in [3.05, 3.63) is 22.2 Å². The van der Waals surface area contributed by atoms with E-state index in [0.29, 0.717) is 5.71 Å². The van der Waals surface area contributed by atoms with Crippen molar-refractivity contribution >= 4 is 21.6 Å². The van der Waals surface area contributed by atoms with Gasteiger partial charge in [-0.3, -0.25) is 0 Å². The van der Waals surface area contributed by atoms with Gasteiger partial charge in [-0.25, -0.2) is 0 Å². The Morgan fingerprint density at radius 1 is 1.50 bits per heavy atom. The molecule has 0 atom stereocenters. The highest BCUT2D eigenvalue weighted by Crippen LogP contribution is 2.10. The van der Waals surface area contributed by atoms with E-state index in [1.54, 1.807) is 6.92 Å². The molecule has 3 heteroatoms. The highest BCUT2D eigenvalue weighted by molar-refractivity contribution is 9.11. The van der Waals surface area contributed by atoms with E-state index in [2.05, 4.69) is 21.1 Å². The lowest BCUT2D eigenvalue weighted by Gasteiger charge is -1.98. The molecule has 0 aliphatic rings. The zero-order chi connectivity index (χ0) is 9.56. The largest absolute Gasteiger partial charge is 0.411 e. The van der Waals surface area contributed by atoms with Gasteiger partial charge < -0.3 is 5.21 Å². The minimum absolute atomic E-state index is 0.635. The Hall–Kier alpha value is -0.570. The van der Waals surface area contributed by atoms with Crippen LogP contribution in [0.3, 0.4) is 0 Å². The first kappa shape index (κ1) is 11.4. The molecule has 0 saturated carbocycles. The number of allylic oxidation sites excluding steroid dienone is 4. The maximum Gasteiger partial charge on any atom is 0.0834 e. The molecule has 0 rings (SSSR count). The summed E-state index contributed by atoms with van der Waals surface area (Å²) in [7, 11) is 0. The first-order valence-electron chi connectivity index (χ1n) is 3.84. The average Bonchev–Trinajstić information content (AvgIpc) is 2.01. The van der Waals surface area contributed by atoms with Crippen molar-refractivity contribution in [1.29, 1.82) is 0 Å². The Kier molecular flexibility index (Phi) is 5.72. The Labute approximate surface area is 81.8 Å². The van der Waals surface area contributed by atoms with E-state index in [0.717, 1.165) is 16.5 Å². The molecule has 0 saturated heterocycles. The van der Waals surface area contributed by atoms with Crippen molar-refractivity contribution in [2.75, 3.05) is 0 Å². The van der Waals surface area contributed by atoms with Crippen molar-refractivity contribution in [3.63, 3.8) is 0 Å². The fourth-order valence-corrected chi connectivity index (χ4v) is 1.05. The fraction of sp³-hybridized carbons (Fsp3) is 0.444. The van der Waals surface area contributed by atoms with Crippen LogP contribution in [0, 0.1) is 0 Å². The molecule has 0 aliphatic heterocycles. The van der Waals surface area contributed by atoms with Crippen molar-refractivity contribution in [2.24, 2.45) is 5.16 Å². The normalized spacial score (nSPS) is 15.2. The monoisotopic (exact) mass is 231 g/mol. The molecule has 0 radical (unpaired) electrons. The van der Waals surface area contributed by atoms with Gasteiger partial charge in [-0.2, -0.15) is 0 Å². The van der Waals surface area contributed by atoms with Crippen LogP contribution in [0.5, 0.6) is 0 Å². The van der Waals surface area contributed by atoms with Gasteiger partial charge >= 0.3 is 0 Å². The zero-order valence-corrected chi connectivity index (χ0v) is 9.22. The quantitative estimate of drug-likeness (QED) is 0.343. The van der Waals surface area contributed by atoms with E-state index >= 15 is 0 Å². The maximum atomic E-state index is 8.55. The zero-order valence-electron chi connectivity index (χ0n) is 7.63. The summed E-state index contributed by atoms with van der Waals surface area (Å²) >= 11 is 3.33. The summed E-state index contributed by atoms with van der Waals surface area (Å²) in [6, 6.07) is 0. The molecule has 0 aromatic rings. The molecule has 0 heterocycles. The Morgan fingerprint density at radius 3 is 2.42 bits per heavy atom. The van der Waals surface area contributed by atoms with Gasteiger partial charge in [0, 0.05) is 0 Å². The van der Waals surface area contributed by atoms with E-state index in [-0.39, 0.29) is 0 Å². The summed E-state index contributed by atoms with van der Waals surface area (Å²) in [4.78, 5) is 0. The molecule has 1 N–H and O–H groups in total. The lowest BCUT2D eigenvalue weighted by atomic mass is 10.1. The third kappa shape index (κ3) is 4.34. The van der Waals surface area contributed by atoms with Crippen LogP contribution in [0.4, 0.5) is 0 Å². The van der Waals surface area contributed by atoms with Gasteiger partial charge in [0.15, 0.2) is 0 Å². The molecule has 68 valence electrons. The minimum Gasteiger partial charge on any atom is -0.411 e. The van der Waals surface area contributed by atoms with Crippen LogP contribution in [0.15, 0.2) is 27.4 Å². The van der Waals surface area contributed by atoms with Crippen LogP contribution in [0.1, 0.15) is 27.2 Å². The van der Waals surface area contributed by atoms with Crippen LogP contribution in [0.25, 0.3) is 0 Å². The number of hydrogen-bond acceptors (Lipinski definition) is 2. The summed E-state index contributed by atoms with van der Waals surface area (Å²) in [5, 5.41) is 11.7. The summed E-state index contributed by atoms with van der Waals surface area (Å²) in [5.41, 5.74) is 1.59. The molecule has 0 aromatic heterocycles. The van der Waals surface area contributed by atoms with Crippen molar-refractivity contribution in [3.8, 4) is 0 Å². The van der Waals surface area contributed by atoms with Crippen LogP contribution in [-0.2, 0) is 0 Å². The third-order valence-electron chi connectivity index (χ3n) is 1.35. The van der Waals surface area contributed by atoms with Crippen LogP contribution < -0.4 is 0 Å². The van der Waals surface area contributed by atoms with Gasteiger partial charge in [0.1, 0.15) is 0 Å². The second-order valence-electron chi connectivity index (χ2n) is 2.48. The van der Waals surface area contributed by atoms with Gasteiger partial charge in [-0.15, -0.1) is 0 Å². The second kappa shape index (κ2) is 6.00. The first-order valence-corrected chi connectivity index (χ1v) is 4.64. The summed E-state index contributed by atoms with van der Waals surface area (Å²) in [5.74, 6) is 0. The molecule has 0 aromatic carbocycles. The van der Waals surface area contributed by atoms with Gasteiger partial charge in [0.25, 0.3) is 0 Å². The van der Waals surface area contributed by atoms with Gasteiger partial charge in [0.05, 0.1) is 5.71 Å². The van der Waals surface area contributed by atoms with Crippen molar-refractivity contribution in [1.82, 2.24) is 0 Å². The summed E-state index contributed by atoms with van der Waals surface area (Å²) in [6.07, 6.45) is 4.87. The Bertz CT molecular complexity index is 225. The lowest BCUT2D eigenvalue weighted by Crippen LogP contribution is -1.94. The average molecular weight is 232 g/mol. The molecule has 0 fully saturated rings. The Balaban J connectivity index is 4.69. The second-order valence-corrected chi connectivity index (χ2v) is 3.74. The van der Waals surface area contributed by atoms with Crippen molar-refractivity contribution < 1.29 is 5.21 Å².